The van der Waals surface area contributed by atoms with E-state index in [4.69, 9.17) is 4.74 Å². The van der Waals surface area contributed by atoms with E-state index in [1.54, 1.807) is 12.4 Å². The van der Waals surface area contributed by atoms with E-state index in [1.165, 1.54) is 0 Å². The molecule has 0 bridgehead atoms. The second-order valence-electron chi connectivity index (χ2n) is 9.13. The van der Waals surface area contributed by atoms with Crippen molar-refractivity contribution in [3.8, 4) is 0 Å². The lowest BCUT2D eigenvalue weighted by Gasteiger charge is -2.37. The van der Waals surface area contributed by atoms with E-state index in [1.807, 2.05) is 17.2 Å². The highest BCUT2D eigenvalue weighted by Gasteiger charge is 2.39. The Labute approximate surface area is 201 Å². The van der Waals surface area contributed by atoms with Crippen molar-refractivity contribution in [3.05, 3.63) is 66.5 Å². The number of aromatic nitrogens is 2. The number of ether oxygens (including phenoxy) is 1. The second kappa shape index (κ2) is 9.66. The average Bonchev–Trinajstić information content (AvgIpc) is 3.42. The highest BCUT2D eigenvalue weighted by atomic mass is 32.2. The van der Waals surface area contributed by atoms with Gasteiger partial charge in [0.05, 0.1) is 24.0 Å². The Morgan fingerprint density at radius 1 is 1.26 bits per heavy atom. The summed E-state index contributed by atoms with van der Waals surface area (Å²) >= 11 is 0. The number of hydrogen-bond donors (Lipinski definition) is 1. The van der Waals surface area contributed by atoms with Crippen molar-refractivity contribution in [1.82, 2.24) is 19.2 Å². The zero-order chi connectivity index (χ0) is 24.3. The molecule has 1 N–H and O–H groups in total. The Kier molecular flexibility index (Phi) is 6.84. The first-order valence-corrected chi connectivity index (χ1v) is 13.6. The third kappa shape index (κ3) is 5.04. The van der Waals surface area contributed by atoms with E-state index < -0.39 is 15.9 Å². The van der Waals surface area contributed by atoms with Gasteiger partial charge in [-0.3, -0.25) is 4.79 Å². The van der Waals surface area contributed by atoms with Crippen molar-refractivity contribution < 1.29 is 17.9 Å². The number of amides is 1. The smallest absolute Gasteiger partial charge is 0.266 e. The molecule has 0 unspecified atom stereocenters. The molecule has 0 atom stereocenters. The Hall–Kier alpha value is -3.07. The Balaban J connectivity index is 1.70. The van der Waals surface area contributed by atoms with Gasteiger partial charge in [-0.15, -0.1) is 0 Å². The van der Waals surface area contributed by atoms with E-state index in [2.05, 4.69) is 46.1 Å². The van der Waals surface area contributed by atoms with Crippen LogP contribution in [-0.2, 0) is 25.1 Å². The van der Waals surface area contributed by atoms with Crippen molar-refractivity contribution in [1.29, 1.82) is 0 Å². The molecule has 1 saturated carbocycles. The molecule has 3 heterocycles. The van der Waals surface area contributed by atoms with Gasteiger partial charge >= 0.3 is 0 Å². The zero-order valence-corrected chi connectivity index (χ0v) is 20.6. The lowest BCUT2D eigenvalue weighted by atomic mass is 9.95. The summed E-state index contributed by atoms with van der Waals surface area (Å²) in [6.45, 7) is 7.18. The number of fused-ring (bicyclic) bond motifs is 1. The van der Waals surface area contributed by atoms with Gasteiger partial charge in [-0.25, -0.2) is 18.1 Å². The molecule has 1 aliphatic carbocycles. The summed E-state index contributed by atoms with van der Waals surface area (Å²) in [5.41, 5.74) is 1.28. The first-order chi connectivity index (χ1) is 16.2. The predicted octanol–water partition coefficient (Wildman–Crippen LogP) is 3.80. The molecule has 182 valence electrons. The number of hydrogen-bond acceptors (Lipinski definition) is 6. The number of rotatable bonds is 9. The minimum absolute atomic E-state index is 0.183. The maximum Gasteiger partial charge on any atom is 0.266 e. The number of carbonyl (C=O) groups is 1. The van der Waals surface area contributed by atoms with Crippen LogP contribution in [0.3, 0.4) is 0 Å². The van der Waals surface area contributed by atoms with Crippen molar-refractivity contribution in [3.63, 3.8) is 0 Å². The van der Waals surface area contributed by atoms with Crippen molar-refractivity contribution in [2.45, 2.75) is 51.0 Å². The molecule has 1 fully saturated rings. The molecule has 0 radical (unpaired) electrons. The fraction of sp³-hybridized carbons (Fsp3) is 0.440. The highest BCUT2D eigenvalue weighted by Crippen LogP contribution is 2.40. The molecule has 2 aromatic heterocycles. The summed E-state index contributed by atoms with van der Waals surface area (Å²) in [5, 5.41) is 1.09. The van der Waals surface area contributed by atoms with Crippen molar-refractivity contribution >= 4 is 27.0 Å². The maximum absolute atomic E-state index is 12.8. The van der Waals surface area contributed by atoms with Gasteiger partial charge in [-0.2, -0.15) is 0 Å². The molecule has 1 amide bonds. The monoisotopic (exact) mass is 484 g/mol. The number of sulfonamides is 1. The summed E-state index contributed by atoms with van der Waals surface area (Å²) in [6.07, 6.45) is 14.4. The summed E-state index contributed by atoms with van der Waals surface area (Å²) < 4.78 is 33.7. The van der Waals surface area contributed by atoms with Gasteiger partial charge in [0, 0.05) is 42.3 Å². The largest absolute Gasteiger partial charge is 0.491 e. The topological polar surface area (TPSA) is 93.5 Å². The Morgan fingerprint density at radius 3 is 2.74 bits per heavy atom. The summed E-state index contributed by atoms with van der Waals surface area (Å²) in [6, 6.07) is 6.07. The standard InChI is InChI=1S/C25H32N4O4S/c1-4-5-15-33-22-17-28(16-21(19(22)2)24(30)27-34(3,31)32)18-25(11-6-7-12-25)29-14-10-20-9-8-13-26-23(20)29/h8-10,13-14,16-17H,2,4-7,11-12,15,18H2,1,3H3,(H,27,30). The van der Waals surface area contributed by atoms with Gasteiger partial charge in [-0.1, -0.05) is 32.8 Å². The van der Waals surface area contributed by atoms with Crippen LogP contribution in [-0.4, -0.2) is 48.2 Å². The lowest BCUT2D eigenvalue weighted by Crippen LogP contribution is -2.41. The summed E-state index contributed by atoms with van der Waals surface area (Å²) in [5.74, 6) is -0.228. The SMILES string of the molecule is C=C1C(OCCCC)=CN(CC2(n3ccc4cccnc43)CCCC2)C=C1C(=O)NS(C)(=O)=O. The molecule has 0 saturated heterocycles. The maximum atomic E-state index is 12.8. The van der Waals surface area contributed by atoms with Crippen LogP contribution in [0.1, 0.15) is 45.4 Å². The van der Waals surface area contributed by atoms with E-state index >= 15 is 0 Å². The molecule has 0 spiro atoms. The number of nitrogens with zero attached hydrogens (tertiary/aromatic N) is 3. The first kappa shape index (κ1) is 24.1. The highest BCUT2D eigenvalue weighted by molar-refractivity contribution is 7.89. The van der Waals surface area contributed by atoms with Gasteiger partial charge < -0.3 is 14.2 Å². The molecule has 2 aromatic rings. The molecule has 34 heavy (non-hydrogen) atoms. The van der Waals surface area contributed by atoms with E-state index in [0.29, 0.717) is 24.5 Å². The Bertz CT molecular complexity index is 1250. The third-order valence-corrected chi connectivity index (χ3v) is 7.01. The number of unbranched alkanes of at least 4 members (excludes halogenated alkanes) is 1. The van der Waals surface area contributed by atoms with Crippen molar-refractivity contribution in [2.75, 3.05) is 19.4 Å². The predicted molar refractivity (Wildman–Crippen MR) is 132 cm³/mol. The van der Waals surface area contributed by atoms with Crippen molar-refractivity contribution in [2.24, 2.45) is 0 Å². The van der Waals surface area contributed by atoms with E-state index in [0.717, 1.165) is 55.8 Å². The minimum atomic E-state index is -3.72. The first-order valence-electron chi connectivity index (χ1n) is 11.7. The number of allylic oxidation sites excluding steroid dienone is 1. The number of carbonyl (C=O) groups excluding carboxylic acids is 1. The molecule has 8 nitrogen and oxygen atoms in total. The lowest BCUT2D eigenvalue weighted by molar-refractivity contribution is -0.115. The third-order valence-electron chi connectivity index (χ3n) is 6.45. The van der Waals surface area contributed by atoms with Crippen LogP contribution in [0, 0.1) is 0 Å². The summed E-state index contributed by atoms with van der Waals surface area (Å²) in [7, 11) is -3.72. The van der Waals surface area contributed by atoms with Gasteiger partial charge in [0.1, 0.15) is 11.4 Å². The van der Waals surface area contributed by atoms with E-state index in [9.17, 15) is 13.2 Å². The van der Waals surface area contributed by atoms with Crippen LogP contribution < -0.4 is 4.72 Å². The van der Waals surface area contributed by atoms with Crippen LogP contribution in [0.25, 0.3) is 11.0 Å². The van der Waals surface area contributed by atoms with Gasteiger partial charge in [0.25, 0.3) is 5.91 Å². The molecular formula is C25H32N4O4S. The van der Waals surface area contributed by atoms with Crippen LogP contribution >= 0.6 is 0 Å². The minimum Gasteiger partial charge on any atom is -0.491 e. The quantitative estimate of drug-likeness (QED) is 0.544. The number of pyridine rings is 1. The van der Waals surface area contributed by atoms with Crippen LogP contribution in [0.5, 0.6) is 0 Å². The zero-order valence-electron chi connectivity index (χ0n) is 19.8. The molecular weight excluding hydrogens is 452 g/mol. The van der Waals surface area contributed by atoms with Gasteiger partial charge in [0.2, 0.25) is 10.0 Å². The molecule has 4 rings (SSSR count). The van der Waals surface area contributed by atoms with Gasteiger partial charge in [0.15, 0.2) is 0 Å². The molecule has 2 aliphatic rings. The number of nitrogens with one attached hydrogen (secondary N) is 1. The van der Waals surface area contributed by atoms with Crippen LogP contribution in [0.4, 0.5) is 0 Å². The average molecular weight is 485 g/mol. The fourth-order valence-corrected chi connectivity index (χ4v) is 5.25. The van der Waals surface area contributed by atoms with Crippen LogP contribution in [0.2, 0.25) is 0 Å². The molecule has 0 aromatic carbocycles. The van der Waals surface area contributed by atoms with Gasteiger partial charge in [-0.05, 0) is 37.5 Å². The fourth-order valence-electron chi connectivity index (χ4n) is 4.80. The second-order valence-corrected chi connectivity index (χ2v) is 10.9. The molecule has 9 heteroatoms. The summed E-state index contributed by atoms with van der Waals surface area (Å²) in [4.78, 5) is 19.4. The van der Waals surface area contributed by atoms with Crippen LogP contribution in [0.15, 0.2) is 66.5 Å². The Morgan fingerprint density at radius 2 is 2.03 bits per heavy atom. The van der Waals surface area contributed by atoms with E-state index in [-0.39, 0.29) is 11.1 Å². The normalized spacial score (nSPS) is 18.1. The molecule has 1 aliphatic heterocycles.